The highest BCUT2D eigenvalue weighted by atomic mass is 35.5. The lowest BCUT2D eigenvalue weighted by molar-refractivity contribution is 0.251. The molecule has 2 rings (SSSR count). The largest absolute Gasteiger partial charge is 0.395 e. The van der Waals surface area contributed by atoms with E-state index in [2.05, 4.69) is 28.2 Å². The second-order valence-electron chi connectivity index (χ2n) is 5.49. The number of likely N-dealkylation sites (N-methyl/N-ethyl adjacent to an activating group) is 1. The van der Waals surface area contributed by atoms with Crippen LogP contribution in [0.4, 0.5) is 5.69 Å². The summed E-state index contributed by atoms with van der Waals surface area (Å²) in [5.41, 5.74) is 2.34. The monoisotopic (exact) mass is 297 g/mol. The van der Waals surface area contributed by atoms with Gasteiger partial charge in [-0.1, -0.05) is 17.7 Å². The molecule has 0 saturated carbocycles. The van der Waals surface area contributed by atoms with Crippen LogP contribution in [0, 0.1) is 0 Å². The summed E-state index contributed by atoms with van der Waals surface area (Å²) in [6, 6.07) is 6.15. The Hall–Kier alpha value is -0.810. The highest BCUT2D eigenvalue weighted by Crippen LogP contribution is 2.28. The molecule has 0 aromatic heterocycles. The fourth-order valence-corrected chi connectivity index (χ4v) is 2.64. The average Bonchev–Trinajstić information content (AvgIpc) is 2.46. The first-order valence-corrected chi connectivity index (χ1v) is 7.54. The van der Waals surface area contributed by atoms with Crippen LogP contribution >= 0.6 is 11.6 Å². The number of anilines is 1. The van der Waals surface area contributed by atoms with Crippen molar-refractivity contribution < 1.29 is 5.11 Å². The standard InChI is InChI=1S/C15H24ClN3O/c1-12(11-20)17-10-13-14(16)4-3-5-15(13)19-8-6-18(2)7-9-19/h3-5,12,17,20H,6-11H2,1-2H3. The Morgan fingerprint density at radius 1 is 1.30 bits per heavy atom. The van der Waals surface area contributed by atoms with E-state index in [4.69, 9.17) is 16.7 Å². The van der Waals surface area contributed by atoms with E-state index in [1.54, 1.807) is 0 Å². The minimum atomic E-state index is 0.0756. The molecule has 1 atom stereocenters. The van der Waals surface area contributed by atoms with Crippen LogP contribution in [-0.2, 0) is 6.54 Å². The number of benzene rings is 1. The Morgan fingerprint density at radius 3 is 2.65 bits per heavy atom. The summed E-state index contributed by atoms with van der Waals surface area (Å²) in [5, 5.41) is 13.2. The Bertz CT molecular complexity index is 433. The molecule has 0 spiro atoms. The molecule has 1 aromatic rings. The summed E-state index contributed by atoms with van der Waals surface area (Å²) < 4.78 is 0. The highest BCUT2D eigenvalue weighted by Gasteiger charge is 2.18. The maximum Gasteiger partial charge on any atom is 0.0582 e. The number of halogens is 1. The lowest BCUT2D eigenvalue weighted by Gasteiger charge is -2.35. The maximum absolute atomic E-state index is 9.12. The molecule has 1 saturated heterocycles. The molecule has 1 heterocycles. The molecule has 2 N–H and O–H groups in total. The molecule has 1 fully saturated rings. The van der Waals surface area contributed by atoms with Gasteiger partial charge in [0.1, 0.15) is 0 Å². The molecule has 0 radical (unpaired) electrons. The lowest BCUT2D eigenvalue weighted by atomic mass is 10.1. The van der Waals surface area contributed by atoms with E-state index >= 15 is 0 Å². The van der Waals surface area contributed by atoms with E-state index in [1.807, 2.05) is 19.1 Å². The van der Waals surface area contributed by atoms with Gasteiger partial charge in [-0.3, -0.25) is 0 Å². The van der Waals surface area contributed by atoms with E-state index in [9.17, 15) is 0 Å². The van der Waals surface area contributed by atoms with Crippen LogP contribution in [0.25, 0.3) is 0 Å². The summed E-state index contributed by atoms with van der Waals surface area (Å²) in [4.78, 5) is 4.74. The Labute approximate surface area is 126 Å². The van der Waals surface area contributed by atoms with Gasteiger partial charge in [-0.2, -0.15) is 0 Å². The van der Waals surface area contributed by atoms with E-state index in [0.29, 0.717) is 6.54 Å². The van der Waals surface area contributed by atoms with Gasteiger partial charge in [-0.25, -0.2) is 0 Å². The fourth-order valence-electron chi connectivity index (χ4n) is 2.41. The zero-order valence-electron chi connectivity index (χ0n) is 12.3. The van der Waals surface area contributed by atoms with Crippen molar-refractivity contribution >= 4 is 17.3 Å². The second kappa shape index (κ2) is 7.27. The molecule has 20 heavy (non-hydrogen) atoms. The fraction of sp³-hybridized carbons (Fsp3) is 0.600. The summed E-state index contributed by atoms with van der Waals surface area (Å²) in [5.74, 6) is 0. The maximum atomic E-state index is 9.12. The topological polar surface area (TPSA) is 38.7 Å². The molecule has 0 aliphatic carbocycles. The second-order valence-corrected chi connectivity index (χ2v) is 5.90. The molecule has 0 amide bonds. The molecule has 1 unspecified atom stereocenters. The number of nitrogens with one attached hydrogen (secondary N) is 1. The first-order valence-electron chi connectivity index (χ1n) is 7.17. The summed E-state index contributed by atoms with van der Waals surface area (Å²) >= 11 is 6.36. The van der Waals surface area contributed by atoms with E-state index in [0.717, 1.165) is 36.8 Å². The van der Waals surface area contributed by atoms with Crippen molar-refractivity contribution in [2.45, 2.75) is 19.5 Å². The van der Waals surface area contributed by atoms with Crippen LogP contribution in [0.5, 0.6) is 0 Å². The SMILES string of the molecule is CC(CO)NCc1c(Cl)cccc1N1CCN(C)CC1. The predicted octanol–water partition coefficient (Wildman–Crippen LogP) is 1.56. The molecular formula is C15H24ClN3O. The van der Waals surface area contributed by atoms with Crippen molar-refractivity contribution in [1.29, 1.82) is 0 Å². The van der Waals surface area contributed by atoms with Crippen molar-refractivity contribution in [2.24, 2.45) is 0 Å². The number of nitrogens with zero attached hydrogens (tertiary/aromatic N) is 2. The smallest absolute Gasteiger partial charge is 0.0582 e. The number of aliphatic hydroxyl groups is 1. The van der Waals surface area contributed by atoms with Gasteiger partial charge in [0.25, 0.3) is 0 Å². The minimum absolute atomic E-state index is 0.0756. The molecule has 5 heteroatoms. The van der Waals surface area contributed by atoms with Gasteiger partial charge < -0.3 is 20.2 Å². The van der Waals surface area contributed by atoms with Gasteiger partial charge in [0.15, 0.2) is 0 Å². The molecule has 1 aliphatic rings. The van der Waals surface area contributed by atoms with Gasteiger partial charge >= 0.3 is 0 Å². The normalized spacial score (nSPS) is 18.3. The quantitative estimate of drug-likeness (QED) is 0.865. The summed E-state index contributed by atoms with van der Waals surface area (Å²) in [6.45, 7) is 6.99. The zero-order chi connectivity index (χ0) is 14.5. The van der Waals surface area contributed by atoms with Crippen LogP contribution < -0.4 is 10.2 Å². The first-order chi connectivity index (χ1) is 9.61. The van der Waals surface area contributed by atoms with Crippen LogP contribution in [0.2, 0.25) is 5.02 Å². The van der Waals surface area contributed by atoms with Gasteiger partial charge in [0.05, 0.1) is 6.61 Å². The third-order valence-corrected chi connectivity index (χ3v) is 4.19. The number of piperazine rings is 1. The van der Waals surface area contributed by atoms with Crippen molar-refractivity contribution in [2.75, 3.05) is 44.7 Å². The molecule has 112 valence electrons. The number of hydrogen-bond donors (Lipinski definition) is 2. The highest BCUT2D eigenvalue weighted by molar-refractivity contribution is 6.31. The summed E-state index contributed by atoms with van der Waals surface area (Å²) in [7, 11) is 2.15. The average molecular weight is 298 g/mol. The Kier molecular flexibility index (Phi) is 5.66. The van der Waals surface area contributed by atoms with E-state index in [1.165, 1.54) is 5.69 Å². The Balaban J connectivity index is 2.13. The van der Waals surface area contributed by atoms with Gasteiger partial charge in [0.2, 0.25) is 0 Å². The van der Waals surface area contributed by atoms with Crippen LogP contribution in [0.3, 0.4) is 0 Å². The van der Waals surface area contributed by atoms with Gasteiger partial charge in [0, 0.05) is 55.0 Å². The molecular weight excluding hydrogens is 274 g/mol. The summed E-state index contributed by atoms with van der Waals surface area (Å²) in [6.07, 6.45) is 0. The number of hydrogen-bond acceptors (Lipinski definition) is 4. The number of aliphatic hydroxyl groups excluding tert-OH is 1. The van der Waals surface area contributed by atoms with Crippen molar-refractivity contribution in [3.8, 4) is 0 Å². The zero-order valence-corrected chi connectivity index (χ0v) is 13.0. The van der Waals surface area contributed by atoms with Crippen LogP contribution in [0.1, 0.15) is 12.5 Å². The minimum Gasteiger partial charge on any atom is -0.395 e. The van der Waals surface area contributed by atoms with E-state index in [-0.39, 0.29) is 12.6 Å². The predicted molar refractivity (Wildman–Crippen MR) is 84.5 cm³/mol. The number of rotatable bonds is 5. The molecule has 1 aliphatic heterocycles. The lowest BCUT2D eigenvalue weighted by Crippen LogP contribution is -2.45. The van der Waals surface area contributed by atoms with Crippen molar-refractivity contribution in [3.63, 3.8) is 0 Å². The van der Waals surface area contributed by atoms with Gasteiger partial charge in [-0.15, -0.1) is 0 Å². The molecule has 4 nitrogen and oxygen atoms in total. The third kappa shape index (κ3) is 3.85. The first kappa shape index (κ1) is 15.6. The van der Waals surface area contributed by atoms with Crippen LogP contribution in [0.15, 0.2) is 18.2 Å². The van der Waals surface area contributed by atoms with Crippen LogP contribution in [-0.4, -0.2) is 55.9 Å². The Morgan fingerprint density at radius 2 is 2.00 bits per heavy atom. The molecule has 1 aromatic carbocycles. The van der Waals surface area contributed by atoms with Crippen molar-refractivity contribution in [1.82, 2.24) is 10.2 Å². The third-order valence-electron chi connectivity index (χ3n) is 3.84. The van der Waals surface area contributed by atoms with Gasteiger partial charge in [-0.05, 0) is 26.1 Å². The molecule has 0 bridgehead atoms. The van der Waals surface area contributed by atoms with E-state index < -0.39 is 0 Å². The van der Waals surface area contributed by atoms with Crippen molar-refractivity contribution in [3.05, 3.63) is 28.8 Å².